The molecule has 0 fully saturated rings. The van der Waals surface area contributed by atoms with Crippen LogP contribution in [0.3, 0.4) is 0 Å². The molecule has 0 amide bonds. The number of nitrogens with two attached hydrogens (primary N) is 1. The van der Waals surface area contributed by atoms with E-state index >= 15 is 0 Å². The Balaban J connectivity index is 1.59. The number of anilines is 1. The zero-order chi connectivity index (χ0) is 19.9. The summed E-state index contributed by atoms with van der Waals surface area (Å²) in [6.07, 6.45) is 0.723. The summed E-state index contributed by atoms with van der Waals surface area (Å²) >= 11 is 2.75. The Morgan fingerprint density at radius 3 is 2.86 bits per heavy atom. The van der Waals surface area contributed by atoms with Crippen LogP contribution < -0.4 is 15.8 Å². The average Bonchev–Trinajstić information content (AvgIpc) is 3.37. The van der Waals surface area contributed by atoms with Crippen molar-refractivity contribution >= 4 is 39.7 Å². The number of hydrogen-bond acceptors (Lipinski definition) is 7. The first-order chi connectivity index (χ1) is 13.6. The summed E-state index contributed by atoms with van der Waals surface area (Å²) in [4.78, 5) is 21.8. The summed E-state index contributed by atoms with van der Waals surface area (Å²) < 4.78 is 10.1. The quantitative estimate of drug-likeness (QED) is 0.347. The SMILES string of the molecule is COC(=O)c1ccc(-c2csc(NC(N)=NCCc3ccccc3OC)n2)s1. The number of nitrogens with one attached hydrogen (secondary N) is 1. The lowest BCUT2D eigenvalue weighted by atomic mass is 10.1. The summed E-state index contributed by atoms with van der Waals surface area (Å²) in [5.41, 5.74) is 7.82. The molecule has 0 bridgehead atoms. The van der Waals surface area contributed by atoms with Crippen molar-refractivity contribution in [2.45, 2.75) is 6.42 Å². The van der Waals surface area contributed by atoms with Gasteiger partial charge in [-0.05, 0) is 30.2 Å². The van der Waals surface area contributed by atoms with Crippen LogP contribution in [-0.2, 0) is 11.2 Å². The van der Waals surface area contributed by atoms with Crippen LogP contribution >= 0.6 is 22.7 Å². The van der Waals surface area contributed by atoms with E-state index in [1.54, 1.807) is 13.2 Å². The summed E-state index contributed by atoms with van der Waals surface area (Å²) in [7, 11) is 3.02. The number of carbonyl (C=O) groups excluding carboxylic acids is 1. The molecule has 0 saturated heterocycles. The standard InChI is InChI=1S/C19H20N4O3S2/c1-25-14-6-4-3-5-12(14)9-10-21-18(20)23-19-22-13(11-27-19)15-7-8-16(28-15)17(24)26-2/h3-8,11H,9-10H2,1-2H3,(H3,20,21,22,23). The molecule has 28 heavy (non-hydrogen) atoms. The maximum absolute atomic E-state index is 11.6. The minimum Gasteiger partial charge on any atom is -0.496 e. The number of rotatable bonds is 7. The van der Waals surface area contributed by atoms with Crippen LogP contribution in [0.4, 0.5) is 5.13 Å². The zero-order valence-corrected chi connectivity index (χ0v) is 17.1. The van der Waals surface area contributed by atoms with Crippen molar-refractivity contribution in [2.75, 3.05) is 26.1 Å². The van der Waals surface area contributed by atoms with E-state index in [2.05, 4.69) is 15.3 Å². The predicted molar refractivity (Wildman–Crippen MR) is 114 cm³/mol. The maximum atomic E-state index is 11.6. The summed E-state index contributed by atoms with van der Waals surface area (Å²) in [5, 5.41) is 5.55. The maximum Gasteiger partial charge on any atom is 0.348 e. The molecular formula is C19H20N4O3S2. The molecular weight excluding hydrogens is 396 g/mol. The molecule has 9 heteroatoms. The third kappa shape index (κ3) is 4.87. The number of methoxy groups -OCH3 is 2. The van der Waals surface area contributed by atoms with Crippen LogP contribution in [0.25, 0.3) is 10.6 Å². The first-order valence-electron chi connectivity index (χ1n) is 8.43. The van der Waals surface area contributed by atoms with Gasteiger partial charge in [0.15, 0.2) is 11.1 Å². The molecule has 0 aliphatic rings. The molecule has 0 unspecified atom stereocenters. The van der Waals surface area contributed by atoms with Crippen molar-refractivity contribution < 1.29 is 14.3 Å². The third-order valence-electron chi connectivity index (χ3n) is 3.84. The second kappa shape index (κ2) is 9.34. The number of ether oxygens (including phenoxy) is 2. The van der Waals surface area contributed by atoms with Crippen molar-refractivity contribution in [1.29, 1.82) is 0 Å². The Hall–Kier alpha value is -2.91. The first kappa shape index (κ1) is 19.8. The minimum absolute atomic E-state index is 0.303. The van der Waals surface area contributed by atoms with E-state index in [4.69, 9.17) is 15.2 Å². The van der Waals surface area contributed by atoms with E-state index in [0.29, 0.717) is 22.5 Å². The number of thiophene rings is 1. The molecule has 2 heterocycles. The number of aromatic nitrogens is 1. The molecule has 2 aromatic heterocycles. The fraction of sp³-hybridized carbons (Fsp3) is 0.211. The van der Waals surface area contributed by atoms with Crippen LogP contribution in [0.15, 0.2) is 46.8 Å². The van der Waals surface area contributed by atoms with E-state index in [1.165, 1.54) is 29.8 Å². The number of benzene rings is 1. The number of nitrogens with zero attached hydrogens (tertiary/aromatic N) is 2. The van der Waals surface area contributed by atoms with E-state index < -0.39 is 0 Å². The van der Waals surface area contributed by atoms with Gasteiger partial charge in [-0.1, -0.05) is 18.2 Å². The number of carbonyl (C=O) groups is 1. The lowest BCUT2D eigenvalue weighted by Crippen LogP contribution is -2.23. The smallest absolute Gasteiger partial charge is 0.348 e. The number of guanidine groups is 1. The predicted octanol–water partition coefficient (Wildman–Crippen LogP) is 3.64. The van der Waals surface area contributed by atoms with E-state index in [9.17, 15) is 4.79 Å². The lowest BCUT2D eigenvalue weighted by molar-refractivity contribution is 0.0606. The molecule has 146 valence electrons. The summed E-state index contributed by atoms with van der Waals surface area (Å²) in [6.45, 7) is 0.533. The van der Waals surface area contributed by atoms with Crippen LogP contribution in [0, 0.1) is 0 Å². The molecule has 0 aliphatic carbocycles. The second-order valence-corrected chi connectivity index (χ2v) is 7.59. The Kier molecular flexibility index (Phi) is 6.62. The fourth-order valence-corrected chi connectivity index (χ4v) is 4.16. The number of thiazole rings is 1. The van der Waals surface area contributed by atoms with Gasteiger partial charge in [-0.3, -0.25) is 4.99 Å². The molecule has 3 rings (SSSR count). The van der Waals surface area contributed by atoms with Crippen molar-refractivity contribution in [2.24, 2.45) is 10.7 Å². The summed E-state index contributed by atoms with van der Waals surface area (Å²) in [5.74, 6) is 0.796. The van der Waals surface area contributed by atoms with Crippen molar-refractivity contribution in [3.05, 3.63) is 52.2 Å². The second-order valence-electron chi connectivity index (χ2n) is 5.65. The van der Waals surface area contributed by atoms with Gasteiger partial charge in [0.1, 0.15) is 10.6 Å². The van der Waals surface area contributed by atoms with Gasteiger partial charge in [-0.25, -0.2) is 9.78 Å². The molecule has 0 saturated carbocycles. The van der Waals surface area contributed by atoms with Gasteiger partial charge in [0, 0.05) is 11.9 Å². The van der Waals surface area contributed by atoms with Crippen LogP contribution in [-0.4, -0.2) is 37.7 Å². The Morgan fingerprint density at radius 2 is 2.07 bits per heavy atom. The van der Waals surface area contributed by atoms with Gasteiger partial charge >= 0.3 is 5.97 Å². The Morgan fingerprint density at radius 1 is 1.25 bits per heavy atom. The fourth-order valence-electron chi connectivity index (χ4n) is 2.49. The zero-order valence-electron chi connectivity index (χ0n) is 15.5. The van der Waals surface area contributed by atoms with E-state index in [-0.39, 0.29) is 5.97 Å². The number of esters is 1. The topological polar surface area (TPSA) is 98.8 Å². The summed E-state index contributed by atoms with van der Waals surface area (Å²) in [6, 6.07) is 11.4. The highest BCUT2D eigenvalue weighted by atomic mass is 32.1. The molecule has 0 aliphatic heterocycles. The molecule has 0 radical (unpaired) electrons. The Labute approximate surface area is 170 Å². The van der Waals surface area contributed by atoms with Crippen LogP contribution in [0.1, 0.15) is 15.2 Å². The molecule has 1 aromatic carbocycles. The van der Waals surface area contributed by atoms with Gasteiger partial charge in [-0.15, -0.1) is 22.7 Å². The molecule has 0 spiro atoms. The average molecular weight is 417 g/mol. The van der Waals surface area contributed by atoms with Gasteiger partial charge in [0.05, 0.1) is 24.8 Å². The van der Waals surface area contributed by atoms with E-state index in [1.807, 2.05) is 35.7 Å². The van der Waals surface area contributed by atoms with Gasteiger partial charge in [-0.2, -0.15) is 0 Å². The third-order valence-corrected chi connectivity index (χ3v) is 5.69. The lowest BCUT2D eigenvalue weighted by Gasteiger charge is -2.06. The highest BCUT2D eigenvalue weighted by Gasteiger charge is 2.12. The molecule has 3 aromatic rings. The molecule has 0 atom stereocenters. The number of para-hydroxylation sites is 1. The molecule has 3 N–H and O–H groups in total. The first-order valence-corrected chi connectivity index (χ1v) is 10.1. The van der Waals surface area contributed by atoms with Crippen LogP contribution in [0.2, 0.25) is 0 Å². The Bertz CT molecular complexity index is 981. The number of hydrogen-bond donors (Lipinski definition) is 2. The van der Waals surface area contributed by atoms with Crippen molar-refractivity contribution in [3.8, 4) is 16.3 Å². The van der Waals surface area contributed by atoms with E-state index in [0.717, 1.165) is 28.3 Å². The van der Waals surface area contributed by atoms with Gasteiger partial charge < -0.3 is 20.5 Å². The monoisotopic (exact) mass is 416 g/mol. The highest BCUT2D eigenvalue weighted by Crippen LogP contribution is 2.31. The van der Waals surface area contributed by atoms with Crippen molar-refractivity contribution in [3.63, 3.8) is 0 Å². The van der Waals surface area contributed by atoms with Crippen molar-refractivity contribution in [1.82, 2.24) is 4.98 Å². The minimum atomic E-state index is -0.351. The van der Waals surface area contributed by atoms with Gasteiger partial charge in [0.25, 0.3) is 0 Å². The largest absolute Gasteiger partial charge is 0.496 e. The molecule has 7 nitrogen and oxygen atoms in total. The number of aliphatic imine (C=N–C) groups is 1. The normalized spacial score (nSPS) is 11.3. The van der Waals surface area contributed by atoms with Crippen LogP contribution in [0.5, 0.6) is 5.75 Å². The highest BCUT2D eigenvalue weighted by molar-refractivity contribution is 7.18. The van der Waals surface area contributed by atoms with Gasteiger partial charge in [0.2, 0.25) is 0 Å².